The molecule has 0 aliphatic heterocycles. The molecule has 0 saturated heterocycles. The minimum absolute atomic E-state index is 0.0242. The second kappa shape index (κ2) is 20.8. The van der Waals surface area contributed by atoms with Crippen molar-refractivity contribution in [3.05, 3.63) is 207 Å². The maximum Gasteiger partial charge on any atom is 0.414 e. The summed E-state index contributed by atoms with van der Waals surface area (Å²) < 4.78 is 21.0. The zero-order valence-electron chi connectivity index (χ0n) is 40.0. The van der Waals surface area contributed by atoms with Gasteiger partial charge >= 0.3 is 12.1 Å². The topological polar surface area (TPSA) is 170 Å². The van der Waals surface area contributed by atoms with E-state index in [4.69, 9.17) is 29.5 Å². The summed E-state index contributed by atoms with van der Waals surface area (Å²) >= 11 is 0. The SMILES string of the molecule is CCCc1nc(COc2ccc([N+](=O)[O-])c(N(C)C(=O)OC(C)(C)C)c2)c(C(=O)OCC)n1Cc1ccc(-c2ccccc2-c2nnnn2C(c2ccccc2)(c2ccccc2)c2ccccc2)cc1. The van der Waals surface area contributed by atoms with E-state index in [0.29, 0.717) is 30.3 Å². The van der Waals surface area contributed by atoms with Gasteiger partial charge in [-0.05, 0) is 84.0 Å². The number of carbonyl (C=O) groups excluding carboxylic acids is 2. The van der Waals surface area contributed by atoms with Gasteiger partial charge in [-0.15, -0.1) is 5.10 Å². The quantitative estimate of drug-likeness (QED) is 0.0368. The van der Waals surface area contributed by atoms with E-state index in [9.17, 15) is 19.7 Å². The number of esters is 1. The first-order valence-corrected chi connectivity index (χ1v) is 23.1. The summed E-state index contributed by atoms with van der Waals surface area (Å²) in [5, 5.41) is 25.8. The molecule has 0 N–H and O–H groups in total. The van der Waals surface area contributed by atoms with Gasteiger partial charge in [0.15, 0.2) is 11.5 Å². The van der Waals surface area contributed by atoms with Gasteiger partial charge in [0.1, 0.15) is 40.7 Å². The van der Waals surface area contributed by atoms with E-state index in [2.05, 4.69) is 47.7 Å². The number of aromatic nitrogens is 6. The van der Waals surface area contributed by atoms with Crippen LogP contribution in [0.25, 0.3) is 22.5 Å². The average Bonchev–Trinajstić information content (AvgIpc) is 3.99. The summed E-state index contributed by atoms with van der Waals surface area (Å²) in [7, 11) is 1.39. The monoisotopic (exact) mass is 938 g/mol. The van der Waals surface area contributed by atoms with Crippen LogP contribution in [-0.4, -0.2) is 66.0 Å². The van der Waals surface area contributed by atoms with Crippen molar-refractivity contribution < 1.29 is 28.7 Å². The van der Waals surface area contributed by atoms with Crippen LogP contribution in [0.2, 0.25) is 0 Å². The first-order chi connectivity index (χ1) is 33.8. The van der Waals surface area contributed by atoms with Gasteiger partial charge in [-0.25, -0.2) is 19.3 Å². The van der Waals surface area contributed by atoms with Crippen LogP contribution in [0.4, 0.5) is 16.2 Å². The summed E-state index contributed by atoms with van der Waals surface area (Å²) in [6.07, 6.45) is 0.537. The summed E-state index contributed by atoms with van der Waals surface area (Å²) in [5.41, 5.74) is 5.02. The fraction of sp³-hybridized carbons (Fsp3) is 0.236. The van der Waals surface area contributed by atoms with E-state index in [-0.39, 0.29) is 36.0 Å². The van der Waals surface area contributed by atoms with E-state index in [1.54, 1.807) is 27.7 Å². The molecule has 0 radical (unpaired) electrons. The van der Waals surface area contributed by atoms with Gasteiger partial charge in [0.25, 0.3) is 5.69 Å². The van der Waals surface area contributed by atoms with Gasteiger partial charge in [0, 0.05) is 37.7 Å². The number of anilines is 1. The molecule has 0 bridgehead atoms. The van der Waals surface area contributed by atoms with Gasteiger partial charge in [-0.3, -0.25) is 15.0 Å². The Morgan fingerprint density at radius 3 is 1.90 bits per heavy atom. The van der Waals surface area contributed by atoms with E-state index >= 15 is 0 Å². The molecule has 2 aromatic heterocycles. The summed E-state index contributed by atoms with van der Waals surface area (Å²) in [6, 6.07) is 51.1. The molecule has 0 spiro atoms. The molecule has 356 valence electrons. The Hall–Kier alpha value is -8.46. The van der Waals surface area contributed by atoms with Crippen molar-refractivity contribution >= 4 is 23.4 Å². The third kappa shape index (κ3) is 9.90. The summed E-state index contributed by atoms with van der Waals surface area (Å²) in [6.45, 7) is 9.16. The molecule has 0 aliphatic carbocycles. The molecule has 1 amide bonds. The maximum atomic E-state index is 13.8. The zero-order chi connectivity index (χ0) is 49.4. The van der Waals surface area contributed by atoms with Crippen LogP contribution in [0.5, 0.6) is 5.75 Å². The lowest BCUT2D eigenvalue weighted by Gasteiger charge is -2.36. The van der Waals surface area contributed by atoms with Crippen LogP contribution in [-0.2, 0) is 34.6 Å². The molecular weight excluding hydrogens is 885 g/mol. The fourth-order valence-corrected chi connectivity index (χ4v) is 8.65. The molecule has 8 rings (SSSR count). The molecule has 2 heterocycles. The second-order valence-electron chi connectivity index (χ2n) is 17.6. The lowest BCUT2D eigenvalue weighted by atomic mass is 9.77. The van der Waals surface area contributed by atoms with E-state index in [1.165, 1.54) is 25.2 Å². The van der Waals surface area contributed by atoms with Gasteiger partial charge < -0.3 is 18.8 Å². The van der Waals surface area contributed by atoms with Gasteiger partial charge in [-0.1, -0.05) is 146 Å². The number of carbonyl (C=O) groups is 2. The summed E-state index contributed by atoms with van der Waals surface area (Å²) in [4.78, 5) is 44.2. The van der Waals surface area contributed by atoms with Crippen molar-refractivity contribution in [2.24, 2.45) is 0 Å². The molecular formula is C55H54N8O7. The highest BCUT2D eigenvalue weighted by Gasteiger charge is 2.42. The Balaban J connectivity index is 1.13. The molecule has 0 aliphatic rings. The lowest BCUT2D eigenvalue weighted by Crippen LogP contribution is -2.39. The van der Waals surface area contributed by atoms with Crippen molar-refractivity contribution in [2.75, 3.05) is 18.6 Å². The number of tetrazole rings is 1. The van der Waals surface area contributed by atoms with Crippen molar-refractivity contribution in [3.8, 4) is 28.3 Å². The first-order valence-electron chi connectivity index (χ1n) is 23.1. The predicted octanol–water partition coefficient (Wildman–Crippen LogP) is 11.1. The van der Waals surface area contributed by atoms with Gasteiger partial charge in [-0.2, -0.15) is 0 Å². The van der Waals surface area contributed by atoms with Crippen LogP contribution >= 0.6 is 0 Å². The number of amides is 1. The smallest absolute Gasteiger partial charge is 0.414 e. The first kappa shape index (κ1) is 48.0. The van der Waals surface area contributed by atoms with Crippen LogP contribution < -0.4 is 9.64 Å². The molecule has 6 aromatic carbocycles. The van der Waals surface area contributed by atoms with E-state index in [0.717, 1.165) is 50.3 Å². The number of hydrogen-bond donors (Lipinski definition) is 0. The summed E-state index contributed by atoms with van der Waals surface area (Å²) in [5.74, 6) is 0.893. The Labute approximate surface area is 406 Å². The van der Waals surface area contributed by atoms with Crippen LogP contribution in [0.3, 0.4) is 0 Å². The normalized spacial score (nSPS) is 11.5. The molecule has 0 saturated carbocycles. The number of hydrogen-bond acceptors (Lipinski definition) is 11. The third-order valence-electron chi connectivity index (χ3n) is 11.7. The van der Waals surface area contributed by atoms with Crippen molar-refractivity contribution in [1.29, 1.82) is 0 Å². The maximum absolute atomic E-state index is 13.8. The Morgan fingerprint density at radius 1 is 0.757 bits per heavy atom. The molecule has 0 fully saturated rings. The highest BCUT2D eigenvalue weighted by molar-refractivity contribution is 5.91. The number of benzene rings is 6. The zero-order valence-corrected chi connectivity index (χ0v) is 40.0. The number of ether oxygens (including phenoxy) is 3. The Morgan fingerprint density at radius 2 is 1.34 bits per heavy atom. The van der Waals surface area contributed by atoms with Gasteiger partial charge in [0.05, 0.1) is 11.5 Å². The minimum atomic E-state index is -0.940. The predicted molar refractivity (Wildman–Crippen MR) is 267 cm³/mol. The molecule has 15 nitrogen and oxygen atoms in total. The highest BCUT2D eigenvalue weighted by Crippen LogP contribution is 2.43. The average molecular weight is 939 g/mol. The minimum Gasteiger partial charge on any atom is -0.487 e. The molecule has 0 unspecified atom stereocenters. The standard InChI is InChI=1S/C55H54N8O7/c1-7-20-49-56-46(37-69-43-33-34-47(63(66)67)48(35-43)60(6)53(65)70-54(3,4)5)50(52(64)68-8-2)61(49)36-38-29-31-39(32-30-38)44-27-18-19-28-45(44)51-57-58-59-62(51)55(40-21-12-9-13-22-40,41-23-14-10-15-24-41)42-25-16-11-17-26-42/h9-19,21-35H,7-8,20,36-37H2,1-6H3. The van der Waals surface area contributed by atoms with E-state index in [1.807, 2.05) is 113 Å². The number of nitro groups is 1. The fourth-order valence-electron chi connectivity index (χ4n) is 8.65. The van der Waals surface area contributed by atoms with Crippen LogP contribution in [0, 0.1) is 10.1 Å². The van der Waals surface area contributed by atoms with Gasteiger partial charge in [0.2, 0.25) is 0 Å². The molecule has 15 heteroatoms. The number of imidazole rings is 1. The lowest BCUT2D eigenvalue weighted by molar-refractivity contribution is -0.384. The number of aryl methyl sites for hydroxylation is 1. The van der Waals surface area contributed by atoms with E-state index < -0.39 is 28.1 Å². The number of nitrogens with zero attached hydrogens (tertiary/aromatic N) is 8. The second-order valence-corrected chi connectivity index (χ2v) is 17.6. The van der Waals surface area contributed by atoms with Crippen molar-refractivity contribution in [2.45, 2.75) is 71.8 Å². The Bertz CT molecular complexity index is 3000. The van der Waals surface area contributed by atoms with Crippen molar-refractivity contribution in [3.63, 3.8) is 0 Å². The Kier molecular flexibility index (Phi) is 14.3. The number of rotatable bonds is 17. The number of nitro benzene ring substituents is 1. The third-order valence-corrected chi connectivity index (χ3v) is 11.7. The van der Waals surface area contributed by atoms with Crippen LogP contribution in [0.15, 0.2) is 158 Å². The largest absolute Gasteiger partial charge is 0.487 e. The molecule has 0 atom stereocenters. The van der Waals surface area contributed by atoms with Crippen LogP contribution in [0.1, 0.15) is 85.3 Å². The molecule has 70 heavy (non-hydrogen) atoms. The molecule has 8 aromatic rings. The van der Waals surface area contributed by atoms with Crippen molar-refractivity contribution in [1.82, 2.24) is 29.8 Å². The highest BCUT2D eigenvalue weighted by atomic mass is 16.6.